The predicted molar refractivity (Wildman–Crippen MR) is 70.7 cm³/mol. The lowest BCUT2D eigenvalue weighted by atomic mass is 10.1. The summed E-state index contributed by atoms with van der Waals surface area (Å²) in [5.41, 5.74) is -0.555. The van der Waals surface area contributed by atoms with E-state index in [0.717, 1.165) is 12.8 Å². The third kappa shape index (κ3) is 3.24. The van der Waals surface area contributed by atoms with Crippen LogP contribution in [-0.2, 0) is 4.79 Å². The minimum Gasteiger partial charge on any atom is -0.394 e. The first-order valence-electron chi connectivity index (χ1n) is 6.24. The molecular formula is C11H19N5O2S. The largest absolute Gasteiger partial charge is 0.394 e. The van der Waals surface area contributed by atoms with Gasteiger partial charge in [-0.1, -0.05) is 11.8 Å². The average Bonchev–Trinajstić information content (AvgIpc) is 3.14. The number of hydrogen-bond donors (Lipinski definition) is 1. The van der Waals surface area contributed by atoms with Crippen molar-refractivity contribution in [2.45, 2.75) is 43.4 Å². The number of carbonyl (C=O) groups is 1. The summed E-state index contributed by atoms with van der Waals surface area (Å²) in [5.74, 6) is 0.224. The molecule has 8 heteroatoms. The van der Waals surface area contributed by atoms with E-state index in [4.69, 9.17) is 0 Å². The van der Waals surface area contributed by atoms with Crippen molar-refractivity contribution in [1.82, 2.24) is 25.1 Å². The fourth-order valence-corrected chi connectivity index (χ4v) is 2.35. The lowest BCUT2D eigenvalue weighted by Crippen LogP contribution is -2.48. The van der Waals surface area contributed by atoms with Crippen molar-refractivity contribution in [2.24, 2.45) is 0 Å². The zero-order valence-electron chi connectivity index (χ0n) is 11.4. The molecule has 1 saturated carbocycles. The molecule has 106 valence electrons. The Hall–Kier alpha value is -1.15. The molecule has 0 aromatic carbocycles. The van der Waals surface area contributed by atoms with Gasteiger partial charge in [0.25, 0.3) is 0 Å². The molecule has 1 amide bonds. The number of aliphatic hydroxyl groups is 1. The second-order valence-electron chi connectivity index (χ2n) is 5.35. The first kappa shape index (κ1) is 14.3. The molecule has 1 aliphatic carbocycles. The summed E-state index contributed by atoms with van der Waals surface area (Å²) in [4.78, 5) is 13.6. The zero-order valence-corrected chi connectivity index (χ0v) is 12.2. The number of likely N-dealkylation sites (N-methyl/N-ethyl adjacent to an activating group) is 1. The molecule has 1 N–H and O–H groups in total. The van der Waals surface area contributed by atoms with Gasteiger partial charge in [0.2, 0.25) is 11.1 Å². The number of amides is 1. The number of aliphatic hydroxyl groups excluding tert-OH is 1. The van der Waals surface area contributed by atoms with Gasteiger partial charge in [-0.25, -0.2) is 4.68 Å². The normalized spacial score (nSPS) is 15.6. The van der Waals surface area contributed by atoms with Gasteiger partial charge in [-0.3, -0.25) is 4.79 Å². The van der Waals surface area contributed by atoms with Crippen LogP contribution < -0.4 is 0 Å². The van der Waals surface area contributed by atoms with E-state index in [9.17, 15) is 9.90 Å². The Labute approximate surface area is 116 Å². The van der Waals surface area contributed by atoms with Gasteiger partial charge in [-0.05, 0) is 37.1 Å². The molecule has 0 spiro atoms. The standard InChI is InChI=1S/C11H19N5O2S/c1-11(2,7-17)15(3)9(18)6-19-10-12-13-14-16(10)8-4-5-8/h8,17H,4-7H2,1-3H3. The number of rotatable bonds is 6. The summed E-state index contributed by atoms with van der Waals surface area (Å²) in [6.45, 7) is 3.58. The van der Waals surface area contributed by atoms with E-state index < -0.39 is 5.54 Å². The van der Waals surface area contributed by atoms with Gasteiger partial charge < -0.3 is 10.0 Å². The maximum atomic E-state index is 12.1. The Bertz CT molecular complexity index is 458. The smallest absolute Gasteiger partial charge is 0.233 e. The second-order valence-corrected chi connectivity index (χ2v) is 6.29. The molecule has 2 rings (SSSR count). The zero-order chi connectivity index (χ0) is 14.0. The van der Waals surface area contributed by atoms with E-state index in [1.165, 1.54) is 11.8 Å². The molecule has 1 heterocycles. The Morgan fingerprint density at radius 3 is 2.84 bits per heavy atom. The lowest BCUT2D eigenvalue weighted by molar-refractivity contribution is -0.133. The molecule has 1 aliphatic rings. The Morgan fingerprint density at radius 2 is 2.26 bits per heavy atom. The van der Waals surface area contributed by atoms with Crippen molar-refractivity contribution in [3.63, 3.8) is 0 Å². The highest BCUT2D eigenvalue weighted by molar-refractivity contribution is 7.99. The monoisotopic (exact) mass is 285 g/mol. The fourth-order valence-electron chi connectivity index (χ4n) is 1.50. The minimum absolute atomic E-state index is 0.0469. The highest BCUT2D eigenvalue weighted by atomic mass is 32.2. The minimum atomic E-state index is -0.555. The number of nitrogens with zero attached hydrogens (tertiary/aromatic N) is 5. The number of hydrogen-bond acceptors (Lipinski definition) is 6. The third-order valence-corrected chi connectivity index (χ3v) is 4.27. The van der Waals surface area contributed by atoms with Crippen LogP contribution >= 0.6 is 11.8 Å². The summed E-state index contributed by atoms with van der Waals surface area (Å²) < 4.78 is 1.79. The van der Waals surface area contributed by atoms with Gasteiger partial charge >= 0.3 is 0 Å². The van der Waals surface area contributed by atoms with Crippen LogP contribution in [-0.4, -0.2) is 61.1 Å². The van der Waals surface area contributed by atoms with Crippen LogP contribution in [0.25, 0.3) is 0 Å². The maximum Gasteiger partial charge on any atom is 0.233 e. The number of thioether (sulfide) groups is 1. The SMILES string of the molecule is CN(C(=O)CSc1nnnn1C1CC1)C(C)(C)CO. The fraction of sp³-hybridized carbons (Fsp3) is 0.818. The molecule has 0 radical (unpaired) electrons. The Morgan fingerprint density at radius 1 is 1.58 bits per heavy atom. The van der Waals surface area contributed by atoms with Crippen molar-refractivity contribution in [3.05, 3.63) is 0 Å². The first-order valence-corrected chi connectivity index (χ1v) is 7.22. The molecular weight excluding hydrogens is 266 g/mol. The van der Waals surface area contributed by atoms with Crippen LogP contribution in [0.2, 0.25) is 0 Å². The lowest BCUT2D eigenvalue weighted by Gasteiger charge is -2.33. The molecule has 1 aromatic heterocycles. The summed E-state index contributed by atoms with van der Waals surface area (Å²) in [6.07, 6.45) is 2.20. The average molecular weight is 285 g/mol. The van der Waals surface area contributed by atoms with Crippen LogP contribution in [0.3, 0.4) is 0 Å². The highest BCUT2D eigenvalue weighted by Crippen LogP contribution is 2.36. The molecule has 19 heavy (non-hydrogen) atoms. The Balaban J connectivity index is 1.91. The van der Waals surface area contributed by atoms with Crippen LogP contribution in [0.4, 0.5) is 0 Å². The van der Waals surface area contributed by atoms with Crippen LogP contribution in [0.15, 0.2) is 5.16 Å². The van der Waals surface area contributed by atoms with Crippen molar-refractivity contribution < 1.29 is 9.90 Å². The summed E-state index contributed by atoms with van der Waals surface area (Å²) in [5, 5.41) is 21.5. The van der Waals surface area contributed by atoms with Gasteiger partial charge in [-0.2, -0.15) is 0 Å². The topological polar surface area (TPSA) is 84.1 Å². The predicted octanol–water partition coefficient (Wildman–Crippen LogP) is 0.329. The Kier molecular flexibility index (Phi) is 4.10. The van der Waals surface area contributed by atoms with Crippen LogP contribution in [0, 0.1) is 0 Å². The number of tetrazole rings is 1. The van der Waals surface area contributed by atoms with Gasteiger partial charge in [0, 0.05) is 7.05 Å². The summed E-state index contributed by atoms with van der Waals surface area (Å²) in [6, 6.07) is 0.402. The van der Waals surface area contributed by atoms with E-state index in [2.05, 4.69) is 15.5 Å². The molecule has 1 fully saturated rings. The molecule has 0 aliphatic heterocycles. The number of carbonyl (C=O) groups excluding carboxylic acids is 1. The van der Waals surface area contributed by atoms with Crippen molar-refractivity contribution in [3.8, 4) is 0 Å². The molecule has 7 nitrogen and oxygen atoms in total. The molecule has 0 atom stereocenters. The quantitative estimate of drug-likeness (QED) is 0.758. The molecule has 1 aromatic rings. The van der Waals surface area contributed by atoms with Crippen LogP contribution in [0.1, 0.15) is 32.7 Å². The summed E-state index contributed by atoms with van der Waals surface area (Å²) >= 11 is 1.34. The molecule has 0 bridgehead atoms. The third-order valence-electron chi connectivity index (χ3n) is 3.35. The highest BCUT2D eigenvalue weighted by Gasteiger charge is 2.30. The van der Waals surface area contributed by atoms with Crippen molar-refractivity contribution in [1.29, 1.82) is 0 Å². The van der Waals surface area contributed by atoms with Gasteiger partial charge in [0.1, 0.15) is 0 Å². The van der Waals surface area contributed by atoms with E-state index in [1.54, 1.807) is 16.6 Å². The van der Waals surface area contributed by atoms with Gasteiger partial charge in [0.15, 0.2) is 0 Å². The van der Waals surface area contributed by atoms with Gasteiger partial charge in [-0.15, -0.1) is 5.10 Å². The van der Waals surface area contributed by atoms with Crippen molar-refractivity contribution >= 4 is 17.7 Å². The first-order chi connectivity index (χ1) is 8.95. The van der Waals surface area contributed by atoms with Crippen LogP contribution in [0.5, 0.6) is 0 Å². The van der Waals surface area contributed by atoms with E-state index in [1.807, 2.05) is 13.8 Å². The van der Waals surface area contributed by atoms with Gasteiger partial charge in [0.05, 0.1) is 23.9 Å². The molecule has 0 saturated heterocycles. The molecule has 0 unspecified atom stereocenters. The van der Waals surface area contributed by atoms with E-state index >= 15 is 0 Å². The number of aromatic nitrogens is 4. The maximum absolute atomic E-state index is 12.1. The van der Waals surface area contributed by atoms with Crippen molar-refractivity contribution in [2.75, 3.05) is 19.4 Å². The van der Waals surface area contributed by atoms with E-state index in [0.29, 0.717) is 11.2 Å². The van der Waals surface area contributed by atoms with E-state index in [-0.39, 0.29) is 18.3 Å². The second kappa shape index (κ2) is 5.46. The summed E-state index contributed by atoms with van der Waals surface area (Å²) in [7, 11) is 1.70.